The molecule has 0 amide bonds. The fourth-order valence-corrected chi connectivity index (χ4v) is 3.21. The number of benzene rings is 1. The molecule has 4 rings (SSSR count). The number of ether oxygens (including phenoxy) is 1. The van der Waals surface area contributed by atoms with E-state index in [2.05, 4.69) is 15.0 Å². The molecule has 1 aromatic carbocycles. The molecule has 0 spiro atoms. The molecule has 0 aliphatic carbocycles. The number of aromatic nitrogens is 3. The van der Waals surface area contributed by atoms with Gasteiger partial charge in [0.2, 0.25) is 0 Å². The van der Waals surface area contributed by atoms with Gasteiger partial charge in [-0.15, -0.1) is 0 Å². The largest absolute Gasteiger partial charge is 0.465 e. The van der Waals surface area contributed by atoms with Crippen molar-refractivity contribution in [1.82, 2.24) is 14.6 Å². The van der Waals surface area contributed by atoms with E-state index in [9.17, 15) is 4.79 Å². The van der Waals surface area contributed by atoms with Gasteiger partial charge >= 0.3 is 5.97 Å². The average molecular weight is 343 g/mol. The molecular formula is C17H15ClN4O2. The molecule has 0 radical (unpaired) electrons. The number of carbonyl (C=O) groups is 1. The summed E-state index contributed by atoms with van der Waals surface area (Å²) < 4.78 is 6.47. The molecule has 3 aromatic rings. The monoisotopic (exact) mass is 342 g/mol. The van der Waals surface area contributed by atoms with Gasteiger partial charge in [-0.3, -0.25) is 0 Å². The maximum absolute atomic E-state index is 11.7. The van der Waals surface area contributed by atoms with Crippen LogP contribution >= 0.6 is 11.6 Å². The van der Waals surface area contributed by atoms with Crippen LogP contribution in [0, 0.1) is 0 Å². The van der Waals surface area contributed by atoms with Crippen LogP contribution in [0.3, 0.4) is 0 Å². The van der Waals surface area contributed by atoms with E-state index in [1.54, 1.807) is 23.0 Å². The minimum absolute atomic E-state index is 0.312. The molecule has 0 bridgehead atoms. The third kappa shape index (κ3) is 2.49. The SMILES string of the molecule is COC(=O)c1cccc(C2CN(c3cc(Cl)nn4ccnc34)C2)c1. The minimum atomic E-state index is -0.312. The van der Waals surface area contributed by atoms with Gasteiger partial charge in [0.05, 0.1) is 18.4 Å². The van der Waals surface area contributed by atoms with Gasteiger partial charge in [0, 0.05) is 37.5 Å². The summed E-state index contributed by atoms with van der Waals surface area (Å²) in [6.45, 7) is 1.68. The number of halogens is 1. The first kappa shape index (κ1) is 15.0. The van der Waals surface area contributed by atoms with Crippen molar-refractivity contribution >= 4 is 28.9 Å². The maximum Gasteiger partial charge on any atom is 0.337 e. The Morgan fingerprint density at radius 3 is 2.96 bits per heavy atom. The number of esters is 1. The lowest BCUT2D eigenvalue weighted by molar-refractivity contribution is 0.0600. The van der Waals surface area contributed by atoms with Gasteiger partial charge in [-0.05, 0) is 17.7 Å². The molecule has 0 atom stereocenters. The number of hydrogen-bond acceptors (Lipinski definition) is 5. The zero-order valence-electron chi connectivity index (χ0n) is 13.0. The first-order valence-electron chi connectivity index (χ1n) is 7.59. The smallest absolute Gasteiger partial charge is 0.337 e. The first-order valence-corrected chi connectivity index (χ1v) is 7.96. The Balaban J connectivity index is 1.56. The number of nitrogens with zero attached hydrogens (tertiary/aromatic N) is 4. The Morgan fingerprint density at radius 2 is 2.17 bits per heavy atom. The van der Waals surface area contributed by atoms with Gasteiger partial charge in [0.1, 0.15) is 0 Å². The normalized spacial score (nSPS) is 14.7. The molecule has 7 heteroatoms. The second kappa shape index (κ2) is 5.79. The molecule has 1 aliphatic rings. The maximum atomic E-state index is 11.7. The van der Waals surface area contributed by atoms with Gasteiger partial charge in [-0.2, -0.15) is 5.10 Å². The molecular weight excluding hydrogens is 328 g/mol. The van der Waals surface area contributed by atoms with Crippen LogP contribution in [0.1, 0.15) is 21.8 Å². The lowest BCUT2D eigenvalue weighted by Gasteiger charge is -2.41. The topological polar surface area (TPSA) is 59.7 Å². The Kier molecular flexibility index (Phi) is 3.61. The highest BCUT2D eigenvalue weighted by atomic mass is 35.5. The Labute approximate surface area is 143 Å². The van der Waals surface area contributed by atoms with Crippen LogP contribution in [-0.2, 0) is 4.74 Å². The van der Waals surface area contributed by atoms with E-state index in [1.165, 1.54) is 7.11 Å². The number of carbonyl (C=O) groups excluding carboxylic acids is 1. The molecule has 3 heterocycles. The van der Waals surface area contributed by atoms with Crippen LogP contribution in [0.2, 0.25) is 5.15 Å². The van der Waals surface area contributed by atoms with E-state index in [-0.39, 0.29) is 5.97 Å². The summed E-state index contributed by atoms with van der Waals surface area (Å²) >= 11 is 6.09. The highest BCUT2D eigenvalue weighted by Crippen LogP contribution is 2.34. The van der Waals surface area contributed by atoms with Crippen molar-refractivity contribution < 1.29 is 9.53 Å². The van der Waals surface area contributed by atoms with Crippen molar-refractivity contribution in [2.24, 2.45) is 0 Å². The summed E-state index contributed by atoms with van der Waals surface area (Å²) in [6, 6.07) is 9.44. The third-order valence-corrected chi connectivity index (χ3v) is 4.50. The van der Waals surface area contributed by atoms with Crippen molar-refractivity contribution in [1.29, 1.82) is 0 Å². The summed E-state index contributed by atoms with van der Waals surface area (Å²) in [5, 5.41) is 4.63. The number of hydrogen-bond donors (Lipinski definition) is 0. The van der Waals surface area contributed by atoms with Crippen LogP contribution in [0.5, 0.6) is 0 Å². The Bertz CT molecular complexity index is 918. The average Bonchev–Trinajstić information content (AvgIpc) is 3.01. The van der Waals surface area contributed by atoms with Gasteiger partial charge < -0.3 is 9.64 Å². The number of imidazole rings is 1. The van der Waals surface area contributed by atoms with Gasteiger partial charge in [0.15, 0.2) is 10.8 Å². The molecule has 1 fully saturated rings. The van der Waals surface area contributed by atoms with Crippen molar-refractivity contribution in [3.63, 3.8) is 0 Å². The summed E-state index contributed by atoms with van der Waals surface area (Å²) in [7, 11) is 1.39. The van der Waals surface area contributed by atoms with Crippen LogP contribution in [0.15, 0.2) is 42.7 Å². The predicted octanol–water partition coefficient (Wildman–Crippen LogP) is 2.77. The minimum Gasteiger partial charge on any atom is -0.465 e. The fraction of sp³-hybridized carbons (Fsp3) is 0.235. The van der Waals surface area contributed by atoms with Crippen LogP contribution in [0.25, 0.3) is 5.65 Å². The van der Waals surface area contributed by atoms with Crippen LogP contribution in [0.4, 0.5) is 5.69 Å². The summed E-state index contributed by atoms with van der Waals surface area (Å²) in [5.74, 6) is 0.0459. The lowest BCUT2D eigenvalue weighted by Crippen LogP contribution is -2.45. The second-order valence-electron chi connectivity index (χ2n) is 5.77. The predicted molar refractivity (Wildman–Crippen MR) is 90.7 cm³/mol. The van der Waals surface area contributed by atoms with E-state index in [4.69, 9.17) is 16.3 Å². The number of rotatable bonds is 3. The number of anilines is 1. The van der Waals surface area contributed by atoms with E-state index in [0.717, 1.165) is 30.0 Å². The summed E-state index contributed by atoms with van der Waals surface area (Å²) in [4.78, 5) is 18.2. The Hall–Kier alpha value is -2.60. The zero-order valence-corrected chi connectivity index (χ0v) is 13.8. The third-order valence-electron chi connectivity index (χ3n) is 4.31. The van der Waals surface area contributed by atoms with E-state index in [1.807, 2.05) is 24.3 Å². The van der Waals surface area contributed by atoms with E-state index >= 15 is 0 Å². The molecule has 1 saturated heterocycles. The molecule has 0 unspecified atom stereocenters. The standard InChI is InChI=1S/C17H15ClN4O2/c1-24-17(23)12-4-2-3-11(7-12)13-9-21(10-13)14-8-15(18)20-22-6-5-19-16(14)22/h2-8,13H,9-10H2,1H3. The van der Waals surface area contributed by atoms with Crippen molar-refractivity contribution in [3.05, 3.63) is 59.0 Å². The number of methoxy groups -OCH3 is 1. The summed E-state index contributed by atoms with van der Waals surface area (Å²) in [5.41, 5.74) is 3.48. The quantitative estimate of drug-likeness (QED) is 0.685. The molecule has 0 N–H and O–H groups in total. The van der Waals surface area contributed by atoms with Crippen molar-refractivity contribution in [2.45, 2.75) is 5.92 Å². The Morgan fingerprint density at radius 1 is 1.33 bits per heavy atom. The highest BCUT2D eigenvalue weighted by molar-refractivity contribution is 6.29. The van der Waals surface area contributed by atoms with E-state index < -0.39 is 0 Å². The first-order chi connectivity index (χ1) is 11.7. The molecule has 0 saturated carbocycles. The summed E-state index contributed by atoms with van der Waals surface area (Å²) in [6.07, 6.45) is 3.49. The van der Waals surface area contributed by atoms with Gasteiger partial charge in [-0.25, -0.2) is 14.3 Å². The van der Waals surface area contributed by atoms with Crippen molar-refractivity contribution in [2.75, 3.05) is 25.1 Å². The molecule has 1 aliphatic heterocycles. The molecule has 24 heavy (non-hydrogen) atoms. The van der Waals surface area contributed by atoms with Gasteiger partial charge in [-0.1, -0.05) is 23.7 Å². The number of fused-ring (bicyclic) bond motifs is 1. The van der Waals surface area contributed by atoms with Gasteiger partial charge in [0.25, 0.3) is 0 Å². The second-order valence-corrected chi connectivity index (χ2v) is 6.15. The zero-order chi connectivity index (χ0) is 16.7. The molecule has 2 aromatic heterocycles. The molecule has 122 valence electrons. The highest BCUT2D eigenvalue weighted by Gasteiger charge is 2.30. The van der Waals surface area contributed by atoms with E-state index in [0.29, 0.717) is 16.6 Å². The fourth-order valence-electron chi connectivity index (χ4n) is 3.03. The lowest BCUT2D eigenvalue weighted by atomic mass is 9.90. The van der Waals surface area contributed by atoms with Crippen LogP contribution in [-0.4, -0.2) is 40.8 Å². The van der Waals surface area contributed by atoms with Crippen molar-refractivity contribution in [3.8, 4) is 0 Å². The molecule has 6 nitrogen and oxygen atoms in total. The van der Waals surface area contributed by atoms with Crippen LogP contribution < -0.4 is 4.90 Å².